The molecular weight excluding hydrogens is 473 g/mol. The van der Waals surface area contributed by atoms with E-state index in [1.54, 1.807) is 24.3 Å². The Morgan fingerprint density at radius 3 is 1.94 bits per heavy atom. The summed E-state index contributed by atoms with van der Waals surface area (Å²) in [6.07, 6.45) is -3.87. The number of carbonyl (C=O) groups excluding carboxylic acids is 1. The van der Waals surface area contributed by atoms with Crippen molar-refractivity contribution in [2.45, 2.75) is 19.3 Å². The number of nitrogens with one attached hydrogen (secondary N) is 1. The molecule has 180 valence electrons. The third kappa shape index (κ3) is 6.88. The van der Waals surface area contributed by atoms with E-state index in [1.165, 1.54) is 31.2 Å². The van der Waals surface area contributed by atoms with Gasteiger partial charge in [0.15, 0.2) is 0 Å². The van der Waals surface area contributed by atoms with Crippen LogP contribution in [0.15, 0.2) is 78.9 Å². The van der Waals surface area contributed by atoms with E-state index < -0.39 is 34.1 Å². The van der Waals surface area contributed by atoms with E-state index in [0.29, 0.717) is 11.5 Å². The molecule has 0 aliphatic carbocycles. The molecule has 0 aromatic heterocycles. The number of benzene rings is 3. The maximum absolute atomic E-state index is 12.7. The quantitative estimate of drug-likeness (QED) is 0.467. The molecule has 0 spiro atoms. The summed E-state index contributed by atoms with van der Waals surface area (Å²) < 4.78 is 72.2. The number of alkyl halides is 3. The lowest BCUT2D eigenvalue weighted by atomic mass is 10.2. The summed E-state index contributed by atoms with van der Waals surface area (Å²) in [5.74, 6) is -0.0510. The van der Waals surface area contributed by atoms with Crippen molar-refractivity contribution >= 4 is 27.3 Å². The molecule has 3 aromatic rings. The van der Waals surface area contributed by atoms with Gasteiger partial charge in [-0.2, -0.15) is 0 Å². The van der Waals surface area contributed by atoms with Crippen molar-refractivity contribution in [3.05, 3.63) is 78.9 Å². The average molecular weight is 494 g/mol. The van der Waals surface area contributed by atoms with Crippen LogP contribution in [0.5, 0.6) is 17.2 Å². The maximum atomic E-state index is 12.7. The number of carbonyl (C=O) groups is 1. The number of anilines is 2. The van der Waals surface area contributed by atoms with Crippen LogP contribution in [0.25, 0.3) is 0 Å². The Labute approximate surface area is 194 Å². The zero-order valence-corrected chi connectivity index (χ0v) is 18.9. The lowest BCUT2D eigenvalue weighted by Crippen LogP contribution is -2.45. The van der Waals surface area contributed by atoms with E-state index in [9.17, 15) is 26.4 Å². The molecule has 0 radical (unpaired) electrons. The minimum Gasteiger partial charge on any atom is -0.457 e. The fourth-order valence-electron chi connectivity index (χ4n) is 3.08. The minimum absolute atomic E-state index is 0.173. The Morgan fingerprint density at radius 1 is 0.882 bits per heavy atom. The molecule has 0 heterocycles. The lowest BCUT2D eigenvalue weighted by Gasteiger charge is -2.28. The highest BCUT2D eigenvalue weighted by Crippen LogP contribution is 2.28. The topological polar surface area (TPSA) is 84.9 Å². The molecule has 34 heavy (non-hydrogen) atoms. The van der Waals surface area contributed by atoms with Gasteiger partial charge in [0.1, 0.15) is 23.3 Å². The van der Waals surface area contributed by atoms with E-state index in [-0.39, 0.29) is 11.4 Å². The standard InChI is InChI=1S/C23H21F3N2O5S/c1-16(22(29)27-17-8-12-21(13-9-17)33-23(24,25)26)28(34(2,30)31)18-10-14-20(15-11-18)32-19-6-4-3-5-7-19/h3-16H,1-2H3,(H,27,29)/t16-/m0/s1. The molecular formula is C23H21F3N2O5S. The van der Waals surface area contributed by atoms with Gasteiger partial charge in [-0.15, -0.1) is 13.2 Å². The normalized spacial score (nSPS) is 12.5. The first-order chi connectivity index (χ1) is 15.9. The van der Waals surface area contributed by atoms with Gasteiger partial charge in [-0.3, -0.25) is 9.10 Å². The first kappa shape index (κ1) is 24.9. The molecule has 11 heteroatoms. The molecule has 0 saturated heterocycles. The molecule has 0 saturated carbocycles. The van der Waals surface area contributed by atoms with E-state index in [1.807, 2.05) is 18.2 Å². The second kappa shape index (κ2) is 10.0. The molecule has 1 atom stereocenters. The van der Waals surface area contributed by atoms with Crippen molar-refractivity contribution in [3.8, 4) is 17.2 Å². The number of ether oxygens (including phenoxy) is 2. The van der Waals surface area contributed by atoms with E-state index in [4.69, 9.17) is 4.74 Å². The van der Waals surface area contributed by atoms with Gasteiger partial charge in [-0.05, 0) is 67.6 Å². The highest BCUT2D eigenvalue weighted by molar-refractivity contribution is 7.92. The van der Waals surface area contributed by atoms with Gasteiger partial charge in [0.05, 0.1) is 11.9 Å². The maximum Gasteiger partial charge on any atom is 0.573 e. The third-order valence-corrected chi connectivity index (χ3v) is 5.76. The van der Waals surface area contributed by atoms with Crippen molar-refractivity contribution in [2.75, 3.05) is 15.9 Å². The van der Waals surface area contributed by atoms with Gasteiger partial charge >= 0.3 is 6.36 Å². The van der Waals surface area contributed by atoms with Crippen molar-refractivity contribution in [3.63, 3.8) is 0 Å². The number of nitrogens with zero attached hydrogens (tertiary/aromatic N) is 1. The number of halogens is 3. The van der Waals surface area contributed by atoms with Gasteiger partial charge in [0.2, 0.25) is 15.9 Å². The van der Waals surface area contributed by atoms with Crippen molar-refractivity contribution in [1.82, 2.24) is 0 Å². The summed E-state index contributed by atoms with van der Waals surface area (Å²) in [4.78, 5) is 12.7. The van der Waals surface area contributed by atoms with Crippen molar-refractivity contribution in [1.29, 1.82) is 0 Å². The van der Waals surface area contributed by atoms with Gasteiger partial charge in [-0.1, -0.05) is 18.2 Å². The summed E-state index contributed by atoms with van der Waals surface area (Å²) in [5, 5.41) is 2.49. The molecule has 0 aliphatic rings. The predicted molar refractivity (Wildman–Crippen MR) is 121 cm³/mol. The van der Waals surface area contributed by atoms with Crippen LogP contribution >= 0.6 is 0 Å². The van der Waals surface area contributed by atoms with Crippen LogP contribution in [0.3, 0.4) is 0 Å². The highest BCUT2D eigenvalue weighted by atomic mass is 32.2. The van der Waals surface area contributed by atoms with Crippen LogP contribution in [0.2, 0.25) is 0 Å². The van der Waals surface area contributed by atoms with E-state index in [0.717, 1.165) is 22.7 Å². The fourth-order valence-corrected chi connectivity index (χ4v) is 4.26. The molecule has 0 bridgehead atoms. The summed E-state index contributed by atoms with van der Waals surface area (Å²) in [6.45, 7) is 1.39. The molecule has 0 fully saturated rings. The average Bonchev–Trinajstić information content (AvgIpc) is 2.75. The Kier molecular flexibility index (Phi) is 7.35. The Hall–Kier alpha value is -3.73. The largest absolute Gasteiger partial charge is 0.573 e. The summed E-state index contributed by atoms with van der Waals surface area (Å²) in [6, 6.07) is 18.5. The number of sulfonamides is 1. The number of hydrogen-bond donors (Lipinski definition) is 1. The lowest BCUT2D eigenvalue weighted by molar-refractivity contribution is -0.274. The van der Waals surface area contributed by atoms with Gasteiger partial charge in [0.25, 0.3) is 0 Å². The summed E-state index contributed by atoms with van der Waals surface area (Å²) >= 11 is 0. The SMILES string of the molecule is C[C@@H](C(=O)Nc1ccc(OC(F)(F)F)cc1)N(c1ccc(Oc2ccccc2)cc1)S(C)(=O)=O. The van der Waals surface area contributed by atoms with Gasteiger partial charge < -0.3 is 14.8 Å². The molecule has 3 rings (SSSR count). The van der Waals surface area contributed by atoms with Crippen LogP contribution in [0.1, 0.15) is 6.92 Å². The number of para-hydroxylation sites is 1. The van der Waals surface area contributed by atoms with E-state index in [2.05, 4.69) is 10.1 Å². The van der Waals surface area contributed by atoms with Crippen LogP contribution in [-0.4, -0.2) is 33.0 Å². The van der Waals surface area contributed by atoms with Crippen molar-refractivity contribution in [2.24, 2.45) is 0 Å². The van der Waals surface area contributed by atoms with Crippen LogP contribution < -0.4 is 19.1 Å². The Morgan fingerprint density at radius 2 is 1.41 bits per heavy atom. The van der Waals surface area contributed by atoms with Crippen LogP contribution in [0, 0.1) is 0 Å². The third-order valence-electron chi connectivity index (χ3n) is 4.51. The zero-order chi connectivity index (χ0) is 24.9. The molecule has 0 aliphatic heterocycles. The first-order valence-electron chi connectivity index (χ1n) is 9.91. The molecule has 7 nitrogen and oxygen atoms in total. The predicted octanol–water partition coefficient (Wildman–Crippen LogP) is 5.17. The summed E-state index contributed by atoms with van der Waals surface area (Å²) in [5.41, 5.74) is 0.408. The molecule has 0 unspecified atom stereocenters. The van der Waals surface area contributed by atoms with Crippen LogP contribution in [-0.2, 0) is 14.8 Å². The second-order valence-corrected chi connectivity index (χ2v) is 9.06. The summed E-state index contributed by atoms with van der Waals surface area (Å²) in [7, 11) is -3.87. The number of rotatable bonds is 8. The number of amides is 1. The van der Waals surface area contributed by atoms with E-state index >= 15 is 0 Å². The molecule has 3 aromatic carbocycles. The monoisotopic (exact) mass is 494 g/mol. The fraction of sp³-hybridized carbons (Fsp3) is 0.174. The van der Waals surface area contributed by atoms with Crippen LogP contribution in [0.4, 0.5) is 24.5 Å². The minimum atomic E-state index is -4.84. The Bertz CT molecular complexity index is 1220. The first-order valence-corrected chi connectivity index (χ1v) is 11.8. The van der Waals surface area contributed by atoms with Gasteiger partial charge in [0, 0.05) is 5.69 Å². The van der Waals surface area contributed by atoms with Crippen molar-refractivity contribution < 1.29 is 35.9 Å². The number of hydrogen-bond acceptors (Lipinski definition) is 5. The highest BCUT2D eigenvalue weighted by Gasteiger charge is 2.31. The van der Waals surface area contributed by atoms with Gasteiger partial charge in [-0.25, -0.2) is 8.42 Å². The Balaban J connectivity index is 1.74. The molecule has 1 amide bonds. The second-order valence-electron chi connectivity index (χ2n) is 7.21. The smallest absolute Gasteiger partial charge is 0.457 e. The zero-order valence-electron chi connectivity index (χ0n) is 18.1. The molecule has 1 N–H and O–H groups in total.